The Morgan fingerprint density at radius 2 is 0.333 bits per heavy atom. The Balaban J connectivity index is 2.36. The maximum absolute atomic E-state index is 2.46. The van der Waals surface area contributed by atoms with Gasteiger partial charge in [-0.2, -0.15) is 0 Å². The molecule has 1 fully saturated rings. The molecule has 0 aromatic heterocycles. The number of quaternary nitrogens is 3. The summed E-state index contributed by atoms with van der Waals surface area (Å²) in [5.41, 5.74) is 0. The molecule has 0 spiro atoms. The molecule has 3 heteroatoms. The molecule has 0 aromatic carbocycles. The molecule has 0 radical (unpaired) electrons. The minimum Gasteiger partial charge on any atom is -0.328 e. The zero-order chi connectivity index (χ0) is 24.5. The van der Waals surface area contributed by atoms with Crippen molar-refractivity contribution in [1.29, 1.82) is 0 Å². The van der Waals surface area contributed by atoms with Crippen LogP contribution in [0.3, 0.4) is 0 Å². The molecule has 1 heterocycles. The fourth-order valence-corrected chi connectivity index (χ4v) is 5.70. The van der Waals surface area contributed by atoms with E-state index in [0.29, 0.717) is 0 Å². The summed E-state index contributed by atoms with van der Waals surface area (Å²) in [6.45, 7) is 8.23. The highest BCUT2D eigenvalue weighted by Gasteiger charge is 2.16. The van der Waals surface area contributed by atoms with E-state index in [1.54, 1.807) is 0 Å². The van der Waals surface area contributed by atoms with Crippen LogP contribution in [0.25, 0.3) is 0 Å². The van der Waals surface area contributed by atoms with E-state index < -0.39 is 0 Å². The maximum Gasteiger partial charge on any atom is 0.0782 e. The molecule has 1 saturated heterocycles. The average Bonchev–Trinajstić information content (AvgIpc) is 2.73. The molecule has 198 valence electrons. The molecule has 33 heavy (non-hydrogen) atoms. The van der Waals surface area contributed by atoms with E-state index in [2.05, 4.69) is 42.3 Å². The van der Waals surface area contributed by atoms with Gasteiger partial charge in [0.25, 0.3) is 0 Å². The minimum absolute atomic E-state index is 1.23. The van der Waals surface area contributed by atoms with Crippen LogP contribution >= 0.6 is 0 Å². The van der Waals surface area contributed by atoms with Crippen LogP contribution in [0.1, 0.15) is 116 Å². The molecule has 1 rings (SSSR count). The first kappa shape index (κ1) is 30.9. The summed E-state index contributed by atoms with van der Waals surface area (Å²) in [7, 11) is 14.7. The Bertz CT molecular complexity index is 353. The smallest absolute Gasteiger partial charge is 0.0782 e. The number of hydrogen-bond acceptors (Lipinski definition) is 0. The predicted molar refractivity (Wildman–Crippen MR) is 149 cm³/mol. The number of rotatable bonds is 0. The average molecular weight is 469 g/mol. The summed E-state index contributed by atoms with van der Waals surface area (Å²) in [6, 6.07) is 0. The van der Waals surface area contributed by atoms with Gasteiger partial charge in [0.2, 0.25) is 0 Å². The van der Waals surface area contributed by atoms with Crippen molar-refractivity contribution in [1.82, 2.24) is 0 Å². The standard InChI is InChI=1S/C30H66N3/c1-31(2)25-19-13-7-9-15-21-27-32(3,4)29-23-17-11-12-18-24-30-33(5,6)28-22-16-10-8-14-20-26-31/h7-30H2,1-6H3/q+3. The molecular weight excluding hydrogens is 402 g/mol. The maximum atomic E-state index is 2.46. The summed E-state index contributed by atoms with van der Waals surface area (Å²) < 4.78 is 3.70. The second-order valence-electron chi connectivity index (χ2n) is 13.5. The Kier molecular flexibility index (Phi) is 16.2. The number of nitrogens with zero attached hydrogens (tertiary/aromatic N) is 3. The van der Waals surface area contributed by atoms with Crippen molar-refractivity contribution in [3.05, 3.63) is 0 Å². The van der Waals surface area contributed by atoms with Crippen LogP contribution in [0.15, 0.2) is 0 Å². The highest BCUT2D eigenvalue weighted by Crippen LogP contribution is 2.15. The van der Waals surface area contributed by atoms with Gasteiger partial charge in [0.1, 0.15) is 0 Å². The highest BCUT2D eigenvalue weighted by molar-refractivity contribution is 4.51. The normalized spacial score (nSPS) is 26.7. The second kappa shape index (κ2) is 17.3. The molecule has 3 nitrogen and oxygen atoms in total. The van der Waals surface area contributed by atoms with Crippen molar-refractivity contribution in [3.8, 4) is 0 Å². The first-order chi connectivity index (χ1) is 15.6. The quantitative estimate of drug-likeness (QED) is 0.328. The van der Waals surface area contributed by atoms with Crippen LogP contribution in [-0.2, 0) is 0 Å². The van der Waals surface area contributed by atoms with E-state index >= 15 is 0 Å². The summed E-state index contributed by atoms with van der Waals surface area (Å²) in [5.74, 6) is 0. The monoisotopic (exact) mass is 469 g/mol. The molecule has 0 saturated carbocycles. The summed E-state index contributed by atoms with van der Waals surface area (Å²) in [4.78, 5) is 0. The van der Waals surface area contributed by atoms with Crippen molar-refractivity contribution in [2.75, 3.05) is 81.6 Å². The van der Waals surface area contributed by atoms with Gasteiger partial charge < -0.3 is 13.4 Å². The Hall–Kier alpha value is -0.120. The van der Waals surface area contributed by atoms with Gasteiger partial charge >= 0.3 is 0 Å². The van der Waals surface area contributed by atoms with Crippen LogP contribution in [-0.4, -0.2) is 95.0 Å². The van der Waals surface area contributed by atoms with Gasteiger partial charge in [-0.25, -0.2) is 0 Å². The molecule has 0 atom stereocenters. The van der Waals surface area contributed by atoms with Crippen molar-refractivity contribution in [2.45, 2.75) is 116 Å². The molecule has 0 unspecified atom stereocenters. The third kappa shape index (κ3) is 18.8. The Morgan fingerprint density at radius 1 is 0.212 bits per heavy atom. The van der Waals surface area contributed by atoms with E-state index in [1.807, 2.05) is 0 Å². The molecular formula is C30H66N3+3. The van der Waals surface area contributed by atoms with Gasteiger partial charge in [-0.3, -0.25) is 0 Å². The van der Waals surface area contributed by atoms with E-state index in [9.17, 15) is 0 Å². The van der Waals surface area contributed by atoms with E-state index in [1.165, 1.54) is 168 Å². The zero-order valence-electron chi connectivity index (χ0n) is 24.3. The number of hydrogen-bond donors (Lipinski definition) is 0. The lowest BCUT2D eigenvalue weighted by atomic mass is 10.1. The summed E-state index contributed by atoms with van der Waals surface area (Å²) >= 11 is 0. The topological polar surface area (TPSA) is 0 Å². The minimum atomic E-state index is 1.23. The lowest BCUT2D eigenvalue weighted by Gasteiger charge is -2.30. The lowest BCUT2D eigenvalue weighted by molar-refractivity contribution is -0.890. The van der Waals surface area contributed by atoms with Crippen molar-refractivity contribution in [2.24, 2.45) is 0 Å². The SMILES string of the molecule is C[N+]1(C)CCCCCCCC[N+](C)(C)CCCCCCCC[N+](C)(C)CCCCCCCC1. The van der Waals surface area contributed by atoms with Crippen molar-refractivity contribution < 1.29 is 13.4 Å². The van der Waals surface area contributed by atoms with Crippen LogP contribution in [0.4, 0.5) is 0 Å². The fourth-order valence-electron chi connectivity index (χ4n) is 5.70. The van der Waals surface area contributed by atoms with Crippen molar-refractivity contribution in [3.63, 3.8) is 0 Å². The molecule has 0 aromatic rings. The van der Waals surface area contributed by atoms with Gasteiger partial charge in [0.05, 0.1) is 81.6 Å². The largest absolute Gasteiger partial charge is 0.328 e. The third-order valence-corrected chi connectivity index (χ3v) is 8.33. The highest BCUT2D eigenvalue weighted by atomic mass is 15.3. The Morgan fingerprint density at radius 3 is 0.485 bits per heavy atom. The molecule has 1 aliphatic rings. The molecule has 1 aliphatic heterocycles. The summed E-state index contributed by atoms with van der Waals surface area (Å²) in [5, 5.41) is 0. The molecule has 0 aliphatic carbocycles. The first-order valence-corrected chi connectivity index (χ1v) is 15.1. The molecule has 0 bridgehead atoms. The van der Waals surface area contributed by atoms with Crippen LogP contribution < -0.4 is 0 Å². The van der Waals surface area contributed by atoms with Crippen LogP contribution in [0.5, 0.6) is 0 Å². The van der Waals surface area contributed by atoms with E-state index in [4.69, 9.17) is 0 Å². The van der Waals surface area contributed by atoms with Gasteiger partial charge in [0.15, 0.2) is 0 Å². The summed E-state index contributed by atoms with van der Waals surface area (Å²) in [6.07, 6.45) is 25.8. The first-order valence-electron chi connectivity index (χ1n) is 15.1. The van der Waals surface area contributed by atoms with E-state index in [0.717, 1.165) is 0 Å². The van der Waals surface area contributed by atoms with E-state index in [-0.39, 0.29) is 0 Å². The second-order valence-corrected chi connectivity index (χ2v) is 13.5. The van der Waals surface area contributed by atoms with Gasteiger partial charge in [-0.05, 0) is 77.0 Å². The molecule has 0 amide bonds. The van der Waals surface area contributed by atoms with Crippen LogP contribution in [0.2, 0.25) is 0 Å². The molecule has 0 N–H and O–H groups in total. The van der Waals surface area contributed by atoms with Crippen molar-refractivity contribution >= 4 is 0 Å². The lowest BCUT2D eigenvalue weighted by Crippen LogP contribution is -2.41. The fraction of sp³-hybridized carbons (Fsp3) is 1.00. The third-order valence-electron chi connectivity index (χ3n) is 8.33. The zero-order valence-corrected chi connectivity index (χ0v) is 24.3. The Labute approximate surface area is 210 Å². The predicted octanol–water partition coefficient (Wildman–Crippen LogP) is 7.25. The van der Waals surface area contributed by atoms with Gasteiger partial charge in [-0.15, -0.1) is 0 Å². The van der Waals surface area contributed by atoms with Gasteiger partial charge in [-0.1, -0.05) is 38.5 Å². The van der Waals surface area contributed by atoms with Gasteiger partial charge in [0, 0.05) is 0 Å². The van der Waals surface area contributed by atoms with Crippen LogP contribution in [0, 0.1) is 0 Å².